The van der Waals surface area contributed by atoms with Gasteiger partial charge < -0.3 is 16.4 Å². The highest BCUT2D eigenvalue weighted by Crippen LogP contribution is 2.32. The van der Waals surface area contributed by atoms with Crippen LogP contribution in [0.4, 0.5) is 0 Å². The number of nitrogens with two attached hydrogens (primary N) is 1. The standard InChI is InChI=1S/C10H19N3O.ClH/c11-10(3-4-10)9(14)13-7-8-1-5-12-6-2-8;/h8,12H,1-7,11H2,(H,13,14);1H. The van der Waals surface area contributed by atoms with Crippen molar-refractivity contribution in [3.8, 4) is 0 Å². The molecule has 4 N–H and O–H groups in total. The first-order valence-corrected chi connectivity index (χ1v) is 5.49. The average molecular weight is 234 g/mol. The lowest BCUT2D eigenvalue weighted by Crippen LogP contribution is -2.45. The summed E-state index contributed by atoms with van der Waals surface area (Å²) in [6, 6.07) is 0. The van der Waals surface area contributed by atoms with Crippen LogP contribution in [0, 0.1) is 5.92 Å². The molecule has 1 heterocycles. The van der Waals surface area contributed by atoms with Crippen LogP contribution in [0.1, 0.15) is 25.7 Å². The van der Waals surface area contributed by atoms with Crippen LogP contribution in [-0.2, 0) is 4.79 Å². The van der Waals surface area contributed by atoms with Crippen molar-refractivity contribution in [3.05, 3.63) is 0 Å². The van der Waals surface area contributed by atoms with E-state index < -0.39 is 5.54 Å². The maximum absolute atomic E-state index is 11.5. The van der Waals surface area contributed by atoms with Crippen molar-refractivity contribution in [2.24, 2.45) is 11.7 Å². The molecule has 0 aromatic heterocycles. The van der Waals surface area contributed by atoms with Gasteiger partial charge in [-0.3, -0.25) is 4.79 Å². The predicted molar refractivity (Wildman–Crippen MR) is 62.0 cm³/mol. The second-order valence-corrected chi connectivity index (χ2v) is 4.56. The number of halogens is 1. The van der Waals surface area contributed by atoms with Crippen molar-refractivity contribution in [3.63, 3.8) is 0 Å². The second-order valence-electron chi connectivity index (χ2n) is 4.56. The minimum absolute atomic E-state index is 0. The minimum Gasteiger partial charge on any atom is -0.354 e. The van der Waals surface area contributed by atoms with Gasteiger partial charge in [0.15, 0.2) is 0 Å². The zero-order valence-electron chi connectivity index (χ0n) is 8.92. The number of hydrogen-bond donors (Lipinski definition) is 3. The zero-order chi connectivity index (χ0) is 10.0. The van der Waals surface area contributed by atoms with E-state index in [1.165, 1.54) is 0 Å². The molecule has 1 aliphatic heterocycles. The van der Waals surface area contributed by atoms with Crippen molar-refractivity contribution < 1.29 is 4.79 Å². The Kier molecular flexibility index (Phi) is 4.37. The lowest BCUT2D eigenvalue weighted by Gasteiger charge is -2.23. The van der Waals surface area contributed by atoms with E-state index >= 15 is 0 Å². The molecule has 0 radical (unpaired) electrons. The Morgan fingerprint density at radius 2 is 2.00 bits per heavy atom. The summed E-state index contributed by atoms with van der Waals surface area (Å²) in [6.45, 7) is 2.96. The normalized spacial score (nSPS) is 24.1. The molecule has 4 nitrogen and oxygen atoms in total. The molecule has 1 saturated heterocycles. The van der Waals surface area contributed by atoms with Crippen molar-refractivity contribution >= 4 is 18.3 Å². The highest BCUT2D eigenvalue weighted by molar-refractivity contribution is 5.88. The van der Waals surface area contributed by atoms with Crippen LogP contribution in [0.2, 0.25) is 0 Å². The smallest absolute Gasteiger partial charge is 0.240 e. The van der Waals surface area contributed by atoms with Gasteiger partial charge in [0.2, 0.25) is 5.91 Å². The average Bonchev–Trinajstić information content (AvgIpc) is 2.96. The number of carbonyl (C=O) groups is 1. The quantitative estimate of drug-likeness (QED) is 0.644. The number of carbonyl (C=O) groups excluding carboxylic acids is 1. The molecule has 2 fully saturated rings. The molecule has 15 heavy (non-hydrogen) atoms. The van der Waals surface area contributed by atoms with Crippen molar-refractivity contribution in [2.75, 3.05) is 19.6 Å². The zero-order valence-corrected chi connectivity index (χ0v) is 9.74. The van der Waals surface area contributed by atoms with E-state index in [1.54, 1.807) is 0 Å². The molecule has 5 heteroatoms. The number of rotatable bonds is 3. The van der Waals surface area contributed by atoms with E-state index in [0.717, 1.165) is 45.3 Å². The van der Waals surface area contributed by atoms with Gasteiger partial charge in [-0.2, -0.15) is 0 Å². The van der Waals surface area contributed by atoms with E-state index in [2.05, 4.69) is 10.6 Å². The Morgan fingerprint density at radius 1 is 1.40 bits per heavy atom. The third kappa shape index (κ3) is 3.33. The van der Waals surface area contributed by atoms with Crippen LogP contribution in [0.5, 0.6) is 0 Å². The Hall–Kier alpha value is -0.320. The highest BCUT2D eigenvalue weighted by atomic mass is 35.5. The maximum Gasteiger partial charge on any atom is 0.240 e. The Balaban J connectivity index is 0.00000112. The van der Waals surface area contributed by atoms with Gasteiger partial charge in [0.25, 0.3) is 0 Å². The molecule has 0 spiro atoms. The predicted octanol–water partition coefficient (Wildman–Crippen LogP) is 0.0153. The van der Waals surface area contributed by atoms with E-state index in [4.69, 9.17) is 5.73 Å². The summed E-state index contributed by atoms with van der Waals surface area (Å²) in [5, 5.41) is 6.27. The fourth-order valence-corrected chi connectivity index (χ4v) is 1.86. The Bertz CT molecular complexity index is 225. The lowest BCUT2D eigenvalue weighted by molar-refractivity contribution is -0.123. The highest BCUT2D eigenvalue weighted by Gasteiger charge is 2.45. The second kappa shape index (κ2) is 5.14. The summed E-state index contributed by atoms with van der Waals surface area (Å²) in [7, 11) is 0. The largest absolute Gasteiger partial charge is 0.354 e. The molecule has 0 aromatic rings. The van der Waals surface area contributed by atoms with Crippen LogP contribution in [0.25, 0.3) is 0 Å². The van der Waals surface area contributed by atoms with Gasteiger partial charge in [-0.1, -0.05) is 0 Å². The van der Waals surface area contributed by atoms with Gasteiger partial charge in [0.05, 0.1) is 5.54 Å². The maximum atomic E-state index is 11.5. The third-order valence-corrected chi connectivity index (χ3v) is 3.25. The van der Waals surface area contributed by atoms with Gasteiger partial charge in [-0.15, -0.1) is 12.4 Å². The Morgan fingerprint density at radius 3 is 2.53 bits per heavy atom. The molecular formula is C10H20ClN3O. The van der Waals surface area contributed by atoms with Gasteiger partial charge in [-0.25, -0.2) is 0 Å². The molecule has 0 aromatic carbocycles. The third-order valence-electron chi connectivity index (χ3n) is 3.25. The number of hydrogen-bond acceptors (Lipinski definition) is 3. The SMILES string of the molecule is Cl.NC1(C(=O)NCC2CCNCC2)CC1. The molecular weight excluding hydrogens is 214 g/mol. The van der Waals surface area contributed by atoms with Crippen LogP contribution >= 0.6 is 12.4 Å². The molecule has 0 bridgehead atoms. The first-order valence-electron chi connectivity index (χ1n) is 5.49. The van der Waals surface area contributed by atoms with E-state index in [9.17, 15) is 4.79 Å². The number of nitrogens with one attached hydrogen (secondary N) is 2. The Labute approximate surface area is 96.8 Å². The molecule has 0 unspecified atom stereocenters. The number of amides is 1. The van der Waals surface area contributed by atoms with Crippen LogP contribution in [-0.4, -0.2) is 31.1 Å². The summed E-state index contributed by atoms with van der Waals surface area (Å²) >= 11 is 0. The molecule has 88 valence electrons. The van der Waals surface area contributed by atoms with Crippen molar-refractivity contribution in [1.82, 2.24) is 10.6 Å². The van der Waals surface area contributed by atoms with E-state index in [-0.39, 0.29) is 18.3 Å². The fourth-order valence-electron chi connectivity index (χ4n) is 1.86. The lowest BCUT2D eigenvalue weighted by atomic mass is 9.98. The molecule has 1 saturated carbocycles. The van der Waals surface area contributed by atoms with Crippen molar-refractivity contribution in [1.29, 1.82) is 0 Å². The van der Waals surface area contributed by atoms with Crippen LogP contribution in [0.3, 0.4) is 0 Å². The minimum atomic E-state index is -0.507. The van der Waals surface area contributed by atoms with Crippen LogP contribution in [0.15, 0.2) is 0 Å². The van der Waals surface area contributed by atoms with Gasteiger partial charge in [-0.05, 0) is 44.7 Å². The molecule has 1 amide bonds. The van der Waals surface area contributed by atoms with Crippen molar-refractivity contribution in [2.45, 2.75) is 31.2 Å². The topological polar surface area (TPSA) is 67.2 Å². The molecule has 1 aliphatic carbocycles. The van der Waals surface area contributed by atoms with Gasteiger partial charge >= 0.3 is 0 Å². The summed E-state index contributed by atoms with van der Waals surface area (Å²) in [5.41, 5.74) is 5.27. The molecule has 2 rings (SSSR count). The summed E-state index contributed by atoms with van der Waals surface area (Å²) in [4.78, 5) is 11.5. The molecule has 2 aliphatic rings. The fraction of sp³-hybridized carbons (Fsp3) is 0.900. The van der Waals surface area contributed by atoms with E-state index in [1.807, 2.05) is 0 Å². The number of piperidine rings is 1. The van der Waals surface area contributed by atoms with Gasteiger partial charge in [0, 0.05) is 6.54 Å². The monoisotopic (exact) mass is 233 g/mol. The summed E-state index contributed by atoms with van der Waals surface area (Å²) in [5.74, 6) is 0.693. The first kappa shape index (κ1) is 12.7. The van der Waals surface area contributed by atoms with Crippen LogP contribution < -0.4 is 16.4 Å². The molecule has 0 atom stereocenters. The summed E-state index contributed by atoms with van der Waals surface area (Å²) < 4.78 is 0. The van der Waals surface area contributed by atoms with E-state index in [0.29, 0.717) is 5.92 Å². The summed E-state index contributed by atoms with van der Waals surface area (Å²) in [6.07, 6.45) is 4.03. The van der Waals surface area contributed by atoms with Gasteiger partial charge in [0.1, 0.15) is 0 Å². The first-order chi connectivity index (χ1) is 6.71.